The summed E-state index contributed by atoms with van der Waals surface area (Å²) in [4.78, 5) is 6.32. The maximum Gasteiger partial charge on any atom is 0.154 e. The van der Waals surface area contributed by atoms with Gasteiger partial charge in [0.2, 0.25) is 0 Å². The van der Waals surface area contributed by atoms with Crippen LogP contribution in [-0.4, -0.2) is 4.98 Å². The lowest BCUT2D eigenvalue weighted by atomic mass is 10.2. The smallest absolute Gasteiger partial charge is 0.154 e. The monoisotopic (exact) mass is 168 g/mol. The molecule has 0 atom stereocenters. The number of para-hydroxylation sites is 1. The van der Waals surface area contributed by atoms with Gasteiger partial charge in [-0.3, -0.25) is 0 Å². The lowest BCUT2D eigenvalue weighted by Crippen LogP contribution is -1.66. The number of hydrogen-bond acceptors (Lipinski definition) is 0. The first-order chi connectivity index (χ1) is 6.42. The van der Waals surface area contributed by atoms with Gasteiger partial charge in [0.05, 0.1) is 6.57 Å². The largest absolute Gasteiger partial charge is 0.361 e. The Morgan fingerprint density at radius 3 is 3.00 bits per heavy atom. The number of aromatic nitrogens is 1. The highest BCUT2D eigenvalue weighted by atomic mass is 14.7. The van der Waals surface area contributed by atoms with E-state index in [1.807, 2.05) is 36.5 Å². The van der Waals surface area contributed by atoms with Crippen LogP contribution >= 0.6 is 0 Å². The molecule has 1 aromatic heterocycles. The van der Waals surface area contributed by atoms with Gasteiger partial charge < -0.3 is 4.98 Å². The molecule has 0 aliphatic heterocycles. The van der Waals surface area contributed by atoms with E-state index in [-0.39, 0.29) is 0 Å². The lowest BCUT2D eigenvalue weighted by Gasteiger charge is -1.88. The zero-order valence-electron chi connectivity index (χ0n) is 6.99. The van der Waals surface area contributed by atoms with Crippen molar-refractivity contribution in [3.8, 4) is 0 Å². The van der Waals surface area contributed by atoms with Crippen molar-refractivity contribution in [1.82, 2.24) is 4.98 Å². The van der Waals surface area contributed by atoms with E-state index in [1.165, 1.54) is 6.20 Å². The molecular weight excluding hydrogens is 160 g/mol. The van der Waals surface area contributed by atoms with Gasteiger partial charge in [0.25, 0.3) is 0 Å². The molecule has 0 spiro atoms. The Balaban J connectivity index is 2.59. The van der Waals surface area contributed by atoms with Gasteiger partial charge in [-0.25, -0.2) is 4.85 Å². The molecule has 2 rings (SSSR count). The highest BCUT2D eigenvalue weighted by molar-refractivity contribution is 5.88. The molecule has 0 saturated heterocycles. The zero-order valence-corrected chi connectivity index (χ0v) is 6.99. The Hall–Kier alpha value is -2.01. The second-order valence-corrected chi connectivity index (χ2v) is 2.73. The van der Waals surface area contributed by atoms with Gasteiger partial charge in [0.15, 0.2) is 6.20 Å². The Labute approximate surface area is 76.3 Å². The molecule has 62 valence electrons. The van der Waals surface area contributed by atoms with Crippen molar-refractivity contribution in [3.63, 3.8) is 0 Å². The molecule has 0 fully saturated rings. The summed E-state index contributed by atoms with van der Waals surface area (Å²) in [6.07, 6.45) is 5.19. The van der Waals surface area contributed by atoms with Crippen LogP contribution in [-0.2, 0) is 0 Å². The molecule has 1 heterocycles. The molecule has 13 heavy (non-hydrogen) atoms. The number of H-pyrrole nitrogens is 1. The number of fused-ring (bicyclic) bond motifs is 1. The Morgan fingerprint density at radius 2 is 2.15 bits per heavy atom. The van der Waals surface area contributed by atoms with E-state index in [0.29, 0.717) is 0 Å². The second kappa shape index (κ2) is 3.16. The Bertz CT molecular complexity index is 486. The van der Waals surface area contributed by atoms with Gasteiger partial charge in [-0.15, -0.1) is 0 Å². The van der Waals surface area contributed by atoms with E-state index in [4.69, 9.17) is 6.57 Å². The second-order valence-electron chi connectivity index (χ2n) is 2.73. The first-order valence-electron chi connectivity index (χ1n) is 4.01. The lowest BCUT2D eigenvalue weighted by molar-refractivity contribution is 1.47. The number of aromatic amines is 1. The molecular formula is C11H8N2. The molecule has 2 heteroatoms. The van der Waals surface area contributed by atoms with Crippen molar-refractivity contribution in [2.24, 2.45) is 0 Å². The summed E-state index contributed by atoms with van der Waals surface area (Å²) in [5.74, 6) is 0. The highest BCUT2D eigenvalue weighted by Crippen LogP contribution is 2.18. The van der Waals surface area contributed by atoms with Crippen LogP contribution in [0.15, 0.2) is 36.7 Å². The van der Waals surface area contributed by atoms with Crippen LogP contribution in [0.2, 0.25) is 0 Å². The first-order valence-corrected chi connectivity index (χ1v) is 4.01. The van der Waals surface area contributed by atoms with Crippen molar-refractivity contribution in [1.29, 1.82) is 0 Å². The number of rotatable bonds is 1. The average molecular weight is 168 g/mol. The minimum atomic E-state index is 1.06. The van der Waals surface area contributed by atoms with Crippen LogP contribution in [0.1, 0.15) is 5.56 Å². The number of benzene rings is 1. The summed E-state index contributed by atoms with van der Waals surface area (Å²) in [6.45, 7) is 6.64. The quantitative estimate of drug-likeness (QED) is 0.631. The number of nitrogens with zero attached hydrogens (tertiary/aromatic N) is 1. The minimum absolute atomic E-state index is 1.06. The summed E-state index contributed by atoms with van der Waals surface area (Å²) < 4.78 is 0. The maximum absolute atomic E-state index is 6.64. The predicted octanol–water partition coefficient (Wildman–Crippen LogP) is 3.06. The van der Waals surface area contributed by atoms with Crippen LogP contribution < -0.4 is 0 Å². The molecule has 0 unspecified atom stereocenters. The van der Waals surface area contributed by atoms with E-state index in [0.717, 1.165) is 16.5 Å². The third kappa shape index (κ3) is 1.32. The summed E-state index contributed by atoms with van der Waals surface area (Å²) in [5, 5.41) is 1.16. The first kappa shape index (κ1) is 7.63. The fraction of sp³-hybridized carbons (Fsp3) is 0. The van der Waals surface area contributed by atoms with E-state index in [2.05, 4.69) is 9.83 Å². The molecule has 1 N–H and O–H groups in total. The molecule has 0 bridgehead atoms. The summed E-state index contributed by atoms with van der Waals surface area (Å²) in [5.41, 5.74) is 2.17. The highest BCUT2D eigenvalue weighted by Gasteiger charge is 1.97. The standard InChI is InChI=1S/C11H8N2/c1-12-7-6-9-8-13-11-5-3-2-4-10(9)11/h2-8,13H/b7-6+/i1+0. The summed E-state index contributed by atoms with van der Waals surface area (Å²) >= 11 is 0. The van der Waals surface area contributed by atoms with E-state index < -0.39 is 0 Å². The van der Waals surface area contributed by atoms with E-state index in [1.54, 1.807) is 0 Å². The van der Waals surface area contributed by atoms with Crippen LogP contribution in [0.25, 0.3) is 21.8 Å². The van der Waals surface area contributed by atoms with Crippen LogP contribution in [0.4, 0.5) is 0 Å². The normalized spacial score (nSPS) is 10.7. The zero-order chi connectivity index (χ0) is 9.10. The van der Waals surface area contributed by atoms with Gasteiger partial charge in [-0.05, 0) is 11.6 Å². The van der Waals surface area contributed by atoms with Crippen molar-refractivity contribution < 1.29 is 0 Å². The molecule has 0 aliphatic rings. The fourth-order valence-electron chi connectivity index (χ4n) is 1.35. The van der Waals surface area contributed by atoms with E-state index in [9.17, 15) is 0 Å². The molecule has 0 amide bonds. The third-order valence-corrected chi connectivity index (χ3v) is 1.95. The number of hydrogen-bond donors (Lipinski definition) is 1. The molecule has 0 saturated carbocycles. The SMILES string of the molecule is [12C-]#[N+]/C=C/c1c[nH]c2ccccc12. The fourth-order valence-corrected chi connectivity index (χ4v) is 1.35. The van der Waals surface area contributed by atoms with Gasteiger partial charge in [-0.1, -0.05) is 24.3 Å². The maximum atomic E-state index is 6.64. The predicted molar refractivity (Wildman–Crippen MR) is 53.9 cm³/mol. The Morgan fingerprint density at radius 1 is 1.31 bits per heavy atom. The summed E-state index contributed by atoms with van der Waals surface area (Å²) in [7, 11) is 0. The van der Waals surface area contributed by atoms with Crippen LogP contribution in [0, 0.1) is 6.57 Å². The number of nitrogens with one attached hydrogen (secondary N) is 1. The summed E-state index contributed by atoms with van der Waals surface area (Å²) in [6, 6.07) is 8.03. The van der Waals surface area contributed by atoms with Crippen LogP contribution in [0.5, 0.6) is 0 Å². The molecule has 2 nitrogen and oxygen atoms in total. The minimum Gasteiger partial charge on any atom is -0.361 e. The van der Waals surface area contributed by atoms with Crippen molar-refractivity contribution in [3.05, 3.63) is 53.6 Å². The topological polar surface area (TPSA) is 20.1 Å². The van der Waals surface area contributed by atoms with Gasteiger partial charge in [0, 0.05) is 17.1 Å². The Kier molecular flexibility index (Phi) is 1.85. The van der Waals surface area contributed by atoms with Gasteiger partial charge >= 0.3 is 0 Å². The molecule has 0 radical (unpaired) electrons. The van der Waals surface area contributed by atoms with Crippen molar-refractivity contribution in [2.75, 3.05) is 0 Å². The average Bonchev–Trinajstić information content (AvgIpc) is 2.58. The van der Waals surface area contributed by atoms with Crippen LogP contribution in [0.3, 0.4) is 0 Å². The van der Waals surface area contributed by atoms with Crippen molar-refractivity contribution in [2.45, 2.75) is 0 Å². The molecule has 1 aromatic carbocycles. The molecule has 2 aromatic rings. The van der Waals surface area contributed by atoms with Gasteiger partial charge in [-0.2, -0.15) is 0 Å². The van der Waals surface area contributed by atoms with Crippen molar-refractivity contribution >= 4 is 17.0 Å². The third-order valence-electron chi connectivity index (χ3n) is 1.95. The molecule has 0 aliphatic carbocycles. The van der Waals surface area contributed by atoms with E-state index >= 15 is 0 Å². The van der Waals surface area contributed by atoms with Gasteiger partial charge in [0.1, 0.15) is 0 Å².